The van der Waals surface area contributed by atoms with E-state index in [4.69, 9.17) is 4.74 Å². The van der Waals surface area contributed by atoms with E-state index < -0.39 is 0 Å². The summed E-state index contributed by atoms with van der Waals surface area (Å²) < 4.78 is 7.07. The first-order valence-corrected chi connectivity index (χ1v) is 8.70. The molecule has 1 fully saturated rings. The van der Waals surface area contributed by atoms with Gasteiger partial charge in [-0.2, -0.15) is 5.10 Å². The summed E-state index contributed by atoms with van der Waals surface area (Å²) in [4.78, 5) is 14.7. The van der Waals surface area contributed by atoms with Crippen LogP contribution in [0, 0.1) is 6.92 Å². The van der Waals surface area contributed by atoms with Crippen LogP contribution in [-0.4, -0.2) is 53.4 Å². The molecule has 0 radical (unpaired) electrons. The maximum Gasteiger partial charge on any atom is 0.271 e. The number of rotatable bonds is 7. The molecule has 25 heavy (non-hydrogen) atoms. The van der Waals surface area contributed by atoms with Crippen molar-refractivity contribution < 1.29 is 9.53 Å². The zero-order valence-electron chi connectivity index (χ0n) is 15.3. The van der Waals surface area contributed by atoms with E-state index in [1.54, 1.807) is 24.1 Å². The summed E-state index contributed by atoms with van der Waals surface area (Å²) in [6.45, 7) is 4.76. The highest BCUT2D eigenvalue weighted by atomic mass is 16.5. The van der Waals surface area contributed by atoms with Gasteiger partial charge in [-0.15, -0.1) is 0 Å². The van der Waals surface area contributed by atoms with Crippen molar-refractivity contribution in [3.05, 3.63) is 41.7 Å². The van der Waals surface area contributed by atoms with Gasteiger partial charge in [0.2, 0.25) is 0 Å². The number of carbonyl (C=O) groups is 1. The summed E-state index contributed by atoms with van der Waals surface area (Å²) in [7, 11) is 3.75. The standard InChI is InChI=1S/C19H26N4O2/c1-13-5-8-18(25-4)17(11-13)23-10-9-16(21-23)19(24)20-12-14(2)22(3)15-6-7-15/h5,8-11,14-15H,6-7,12H2,1-4H3,(H,20,24). The zero-order chi connectivity index (χ0) is 18.0. The number of hydrogen-bond acceptors (Lipinski definition) is 4. The molecular formula is C19H26N4O2. The molecule has 1 saturated carbocycles. The molecule has 0 bridgehead atoms. The molecule has 1 amide bonds. The summed E-state index contributed by atoms with van der Waals surface area (Å²) in [5, 5.41) is 7.39. The smallest absolute Gasteiger partial charge is 0.271 e. The molecule has 1 atom stereocenters. The van der Waals surface area contributed by atoms with Crippen molar-refractivity contribution in [1.29, 1.82) is 0 Å². The summed E-state index contributed by atoms with van der Waals surface area (Å²) >= 11 is 0. The Hall–Kier alpha value is -2.34. The van der Waals surface area contributed by atoms with Crippen LogP contribution >= 0.6 is 0 Å². The van der Waals surface area contributed by atoms with Crippen molar-refractivity contribution in [2.45, 2.75) is 38.8 Å². The second-order valence-corrected chi connectivity index (χ2v) is 6.78. The van der Waals surface area contributed by atoms with E-state index in [0.29, 0.717) is 24.3 Å². The Labute approximate surface area is 148 Å². The van der Waals surface area contributed by atoms with E-state index in [9.17, 15) is 4.79 Å². The Balaban J connectivity index is 1.66. The largest absolute Gasteiger partial charge is 0.494 e. The Kier molecular flexibility index (Phi) is 5.08. The topological polar surface area (TPSA) is 59.4 Å². The number of aromatic nitrogens is 2. The second kappa shape index (κ2) is 7.27. The number of ether oxygens (including phenoxy) is 1. The quantitative estimate of drug-likeness (QED) is 0.839. The minimum atomic E-state index is -0.151. The van der Waals surface area contributed by atoms with Gasteiger partial charge in [-0.05, 0) is 57.5 Å². The summed E-state index contributed by atoms with van der Waals surface area (Å²) in [5.74, 6) is 0.571. The fourth-order valence-corrected chi connectivity index (χ4v) is 2.87. The zero-order valence-corrected chi connectivity index (χ0v) is 15.3. The molecule has 6 heteroatoms. The Morgan fingerprint density at radius 1 is 1.44 bits per heavy atom. The minimum absolute atomic E-state index is 0.151. The van der Waals surface area contributed by atoms with Gasteiger partial charge in [0.05, 0.1) is 7.11 Å². The third-order valence-electron chi connectivity index (χ3n) is 4.78. The molecular weight excluding hydrogens is 316 g/mol. The number of aryl methyl sites for hydroxylation is 1. The monoisotopic (exact) mass is 342 g/mol. The maximum atomic E-state index is 12.4. The molecule has 3 rings (SSSR count). The van der Waals surface area contributed by atoms with Gasteiger partial charge in [-0.3, -0.25) is 9.69 Å². The van der Waals surface area contributed by atoms with E-state index in [2.05, 4.69) is 29.3 Å². The van der Waals surface area contributed by atoms with Crippen LogP contribution in [0.2, 0.25) is 0 Å². The number of hydrogen-bond donors (Lipinski definition) is 1. The normalized spacial score (nSPS) is 15.2. The summed E-state index contributed by atoms with van der Waals surface area (Å²) in [6, 6.07) is 8.60. The predicted octanol–water partition coefficient (Wildman–Crippen LogP) is 2.40. The van der Waals surface area contributed by atoms with E-state index in [1.807, 2.05) is 25.1 Å². The lowest BCUT2D eigenvalue weighted by Gasteiger charge is -2.24. The SMILES string of the molecule is COc1ccc(C)cc1-n1ccc(C(=O)NCC(C)N(C)C2CC2)n1. The van der Waals surface area contributed by atoms with Crippen LogP contribution in [0.3, 0.4) is 0 Å². The summed E-state index contributed by atoms with van der Waals surface area (Å²) in [6.07, 6.45) is 4.31. The van der Waals surface area contributed by atoms with Crippen LogP contribution in [0.5, 0.6) is 5.75 Å². The van der Waals surface area contributed by atoms with Crippen LogP contribution in [0.4, 0.5) is 0 Å². The molecule has 1 aliphatic carbocycles. The first-order chi connectivity index (χ1) is 12.0. The fourth-order valence-electron chi connectivity index (χ4n) is 2.87. The van der Waals surface area contributed by atoms with E-state index in [1.165, 1.54) is 12.8 Å². The van der Waals surface area contributed by atoms with Gasteiger partial charge in [-0.1, -0.05) is 6.07 Å². The van der Waals surface area contributed by atoms with Gasteiger partial charge in [-0.25, -0.2) is 4.68 Å². The number of nitrogens with zero attached hydrogens (tertiary/aromatic N) is 3. The van der Waals surface area contributed by atoms with E-state index >= 15 is 0 Å². The third kappa shape index (κ3) is 4.02. The summed E-state index contributed by atoms with van der Waals surface area (Å²) in [5.41, 5.74) is 2.34. The first-order valence-electron chi connectivity index (χ1n) is 8.70. The van der Waals surface area contributed by atoms with Gasteiger partial charge in [0.1, 0.15) is 11.4 Å². The molecule has 1 N–H and O–H groups in total. The Morgan fingerprint density at radius 2 is 2.20 bits per heavy atom. The molecule has 1 aromatic carbocycles. The van der Waals surface area contributed by atoms with Crippen molar-refractivity contribution in [2.24, 2.45) is 0 Å². The van der Waals surface area contributed by atoms with E-state index in [0.717, 1.165) is 17.0 Å². The van der Waals surface area contributed by atoms with Crippen molar-refractivity contribution in [1.82, 2.24) is 20.0 Å². The lowest BCUT2D eigenvalue weighted by molar-refractivity contribution is 0.0934. The number of nitrogens with one attached hydrogen (secondary N) is 1. The van der Waals surface area contributed by atoms with Gasteiger partial charge in [0, 0.05) is 24.8 Å². The van der Waals surface area contributed by atoms with E-state index in [-0.39, 0.29) is 5.91 Å². The lowest BCUT2D eigenvalue weighted by atomic mass is 10.2. The van der Waals surface area contributed by atoms with Crippen LogP contribution < -0.4 is 10.1 Å². The van der Waals surface area contributed by atoms with Gasteiger partial charge in [0.25, 0.3) is 5.91 Å². The van der Waals surface area contributed by atoms with Crippen LogP contribution in [-0.2, 0) is 0 Å². The second-order valence-electron chi connectivity index (χ2n) is 6.78. The molecule has 0 saturated heterocycles. The highest BCUT2D eigenvalue weighted by Gasteiger charge is 2.29. The van der Waals surface area contributed by atoms with Crippen molar-refractivity contribution in [2.75, 3.05) is 20.7 Å². The number of methoxy groups -OCH3 is 1. The first kappa shape index (κ1) is 17.5. The van der Waals surface area contributed by atoms with Gasteiger partial charge < -0.3 is 10.1 Å². The molecule has 1 heterocycles. The average molecular weight is 342 g/mol. The molecule has 1 aromatic heterocycles. The number of benzene rings is 1. The number of amides is 1. The van der Waals surface area contributed by atoms with Crippen LogP contribution in [0.25, 0.3) is 5.69 Å². The Morgan fingerprint density at radius 3 is 2.88 bits per heavy atom. The minimum Gasteiger partial charge on any atom is -0.494 e. The molecule has 0 spiro atoms. The van der Waals surface area contributed by atoms with Crippen molar-refractivity contribution >= 4 is 5.91 Å². The van der Waals surface area contributed by atoms with Crippen molar-refractivity contribution in [3.8, 4) is 11.4 Å². The van der Waals surface area contributed by atoms with Crippen LogP contribution in [0.15, 0.2) is 30.5 Å². The third-order valence-corrected chi connectivity index (χ3v) is 4.78. The highest BCUT2D eigenvalue weighted by Crippen LogP contribution is 2.26. The number of carbonyl (C=O) groups excluding carboxylic acids is 1. The number of likely N-dealkylation sites (N-methyl/N-ethyl adjacent to an activating group) is 1. The molecule has 0 aliphatic heterocycles. The van der Waals surface area contributed by atoms with Gasteiger partial charge >= 0.3 is 0 Å². The molecule has 2 aromatic rings. The van der Waals surface area contributed by atoms with Crippen LogP contribution in [0.1, 0.15) is 35.8 Å². The van der Waals surface area contributed by atoms with Gasteiger partial charge in [0.15, 0.2) is 5.69 Å². The predicted molar refractivity (Wildman–Crippen MR) is 97.4 cm³/mol. The fraction of sp³-hybridized carbons (Fsp3) is 0.474. The van der Waals surface area contributed by atoms with Crippen molar-refractivity contribution in [3.63, 3.8) is 0 Å². The molecule has 1 unspecified atom stereocenters. The average Bonchev–Trinajstić information content (AvgIpc) is 3.35. The lowest BCUT2D eigenvalue weighted by Crippen LogP contribution is -2.41. The highest BCUT2D eigenvalue weighted by molar-refractivity contribution is 5.92. The maximum absolute atomic E-state index is 12.4. The molecule has 1 aliphatic rings. The molecule has 6 nitrogen and oxygen atoms in total. The molecule has 134 valence electrons. The Bertz CT molecular complexity index is 752.